The van der Waals surface area contributed by atoms with Crippen LogP contribution in [0.1, 0.15) is 52.4 Å². The van der Waals surface area contributed by atoms with Crippen LogP contribution in [0.5, 0.6) is 5.88 Å². The average Bonchev–Trinajstić information content (AvgIpc) is 3.23. The molecule has 45 heavy (non-hydrogen) atoms. The molecule has 0 bridgehead atoms. The lowest BCUT2D eigenvalue weighted by atomic mass is 9.95. The van der Waals surface area contributed by atoms with Crippen molar-refractivity contribution >= 4 is 17.6 Å². The number of hydrogen-bond donors (Lipinski definition) is 0. The molecule has 7 nitrogen and oxygen atoms in total. The molecule has 2 aliphatic rings. The van der Waals surface area contributed by atoms with E-state index in [9.17, 15) is 35.9 Å². The van der Waals surface area contributed by atoms with Crippen LogP contribution in [-0.4, -0.2) is 65.9 Å². The summed E-state index contributed by atoms with van der Waals surface area (Å²) >= 11 is 0. The van der Waals surface area contributed by atoms with Crippen LogP contribution in [-0.2, 0) is 23.7 Å². The largest absolute Gasteiger partial charge is 0.477 e. The molecule has 5 rings (SSSR count). The number of aryl methyl sites for hydroxylation is 1. The second kappa shape index (κ2) is 12.6. The van der Waals surface area contributed by atoms with Gasteiger partial charge in [0.1, 0.15) is 11.4 Å². The van der Waals surface area contributed by atoms with Crippen LogP contribution in [0, 0.1) is 6.92 Å². The Labute approximate surface area is 256 Å². The molecule has 1 saturated heterocycles. The number of carbonyl (C=O) groups excluding carboxylic acids is 2. The fourth-order valence-electron chi connectivity index (χ4n) is 5.70. The Balaban J connectivity index is 1.59. The van der Waals surface area contributed by atoms with Gasteiger partial charge in [0, 0.05) is 51.8 Å². The van der Waals surface area contributed by atoms with Gasteiger partial charge >= 0.3 is 12.4 Å². The summed E-state index contributed by atoms with van der Waals surface area (Å²) in [7, 11) is 0. The maximum atomic E-state index is 14.2. The number of nitrogens with zero attached hydrogens (tertiary/aromatic N) is 4. The van der Waals surface area contributed by atoms with E-state index in [-0.39, 0.29) is 48.6 Å². The van der Waals surface area contributed by atoms with Gasteiger partial charge in [-0.3, -0.25) is 9.59 Å². The number of aromatic nitrogens is 1. The smallest absolute Gasteiger partial charge is 0.416 e. The van der Waals surface area contributed by atoms with Gasteiger partial charge in [0.15, 0.2) is 0 Å². The number of halogens is 6. The zero-order valence-electron chi connectivity index (χ0n) is 24.8. The van der Waals surface area contributed by atoms with Gasteiger partial charge in [-0.05, 0) is 60.7 Å². The lowest BCUT2D eigenvalue weighted by molar-refractivity contribution is -0.143. The van der Waals surface area contributed by atoms with Crippen molar-refractivity contribution in [2.75, 3.05) is 44.2 Å². The first kappa shape index (κ1) is 32.1. The van der Waals surface area contributed by atoms with Gasteiger partial charge in [-0.2, -0.15) is 31.3 Å². The van der Waals surface area contributed by atoms with E-state index in [0.29, 0.717) is 61.7 Å². The molecule has 2 aromatic carbocycles. The number of fused-ring (bicyclic) bond motifs is 1. The van der Waals surface area contributed by atoms with Crippen LogP contribution in [0.25, 0.3) is 11.1 Å². The third kappa shape index (κ3) is 7.18. The van der Waals surface area contributed by atoms with E-state index < -0.39 is 35.9 Å². The number of benzene rings is 2. The number of carbonyl (C=O) groups is 2. The molecule has 13 heteroatoms. The predicted molar refractivity (Wildman–Crippen MR) is 155 cm³/mol. The van der Waals surface area contributed by atoms with E-state index in [2.05, 4.69) is 0 Å². The summed E-state index contributed by atoms with van der Waals surface area (Å²) in [6.45, 7) is 5.24. The molecule has 0 aliphatic carbocycles. The molecule has 3 heterocycles. The molecule has 240 valence electrons. The highest BCUT2D eigenvalue weighted by Crippen LogP contribution is 2.39. The normalized spacial score (nSPS) is 16.4. The number of hydrogen-bond acceptors (Lipinski definition) is 5. The van der Waals surface area contributed by atoms with Crippen molar-refractivity contribution in [1.29, 1.82) is 0 Å². The maximum Gasteiger partial charge on any atom is 0.416 e. The second-order valence-electron chi connectivity index (χ2n) is 11.2. The first-order chi connectivity index (χ1) is 21.2. The molecular weight excluding hydrogens is 602 g/mol. The molecule has 0 saturated carbocycles. The van der Waals surface area contributed by atoms with Crippen LogP contribution in [0.3, 0.4) is 0 Å². The van der Waals surface area contributed by atoms with Gasteiger partial charge in [0.05, 0.1) is 17.7 Å². The fraction of sp³-hybridized carbons (Fsp3) is 0.406. The van der Waals surface area contributed by atoms with Gasteiger partial charge in [-0.25, -0.2) is 0 Å². The van der Waals surface area contributed by atoms with Crippen LogP contribution < -0.4 is 9.64 Å². The minimum absolute atomic E-state index is 0.0271. The van der Waals surface area contributed by atoms with E-state index in [0.717, 1.165) is 5.56 Å². The summed E-state index contributed by atoms with van der Waals surface area (Å²) in [6.07, 6.45) is -9.05. The quantitative estimate of drug-likeness (QED) is 0.304. The molecule has 1 aromatic heterocycles. The molecule has 0 unspecified atom stereocenters. The Kier molecular flexibility index (Phi) is 8.99. The standard InChI is InChI=1S/C32H32F6N4O3/c1-20-7-3-4-8-25(20)26-18-27(41-10-5-9-40(12-13-41)21(2)43)39-29-28(26)30(44)42(11-6-14-45-29)19-22-15-23(31(33,34)35)17-24(16-22)32(36,37)38/h3-4,7-8,15-18H,5-6,9-14,19H2,1-2H3. The topological polar surface area (TPSA) is 66.0 Å². The van der Waals surface area contributed by atoms with Crippen molar-refractivity contribution in [1.82, 2.24) is 14.8 Å². The number of alkyl halides is 6. The van der Waals surface area contributed by atoms with Gasteiger partial charge in [-0.1, -0.05) is 24.3 Å². The lowest BCUT2D eigenvalue weighted by Gasteiger charge is -2.30. The summed E-state index contributed by atoms with van der Waals surface area (Å²) in [5.41, 5.74) is -1.08. The molecule has 0 atom stereocenters. The van der Waals surface area contributed by atoms with Crippen LogP contribution in [0.15, 0.2) is 48.5 Å². The van der Waals surface area contributed by atoms with E-state index in [1.54, 1.807) is 17.0 Å². The highest BCUT2D eigenvalue weighted by Gasteiger charge is 2.37. The first-order valence-corrected chi connectivity index (χ1v) is 14.5. The third-order valence-corrected chi connectivity index (χ3v) is 8.01. The summed E-state index contributed by atoms with van der Waals surface area (Å²) in [6, 6.07) is 10.5. The number of amides is 2. The number of anilines is 1. The highest BCUT2D eigenvalue weighted by molar-refractivity contribution is 6.04. The zero-order valence-corrected chi connectivity index (χ0v) is 24.8. The molecule has 2 amide bonds. The molecular formula is C32H32F6N4O3. The summed E-state index contributed by atoms with van der Waals surface area (Å²) < 4.78 is 87.4. The first-order valence-electron chi connectivity index (χ1n) is 14.5. The number of pyridine rings is 1. The van der Waals surface area contributed by atoms with Gasteiger partial charge in [0.25, 0.3) is 5.91 Å². The van der Waals surface area contributed by atoms with Crippen molar-refractivity contribution in [3.8, 4) is 17.0 Å². The van der Waals surface area contributed by atoms with E-state index in [1.807, 2.05) is 30.0 Å². The van der Waals surface area contributed by atoms with Crippen molar-refractivity contribution in [3.63, 3.8) is 0 Å². The van der Waals surface area contributed by atoms with Gasteiger partial charge in [-0.15, -0.1) is 0 Å². The highest BCUT2D eigenvalue weighted by atomic mass is 19.4. The third-order valence-electron chi connectivity index (χ3n) is 8.01. The Morgan fingerprint density at radius 3 is 2.20 bits per heavy atom. The van der Waals surface area contributed by atoms with E-state index in [4.69, 9.17) is 9.72 Å². The SMILES string of the molecule is CC(=O)N1CCCN(c2cc(-c3ccccc3C)c3c(n2)OCCCN(Cc2cc(C(F)(F)F)cc(C(F)(F)F)c2)C3=O)CC1. The Bertz CT molecular complexity index is 1560. The lowest BCUT2D eigenvalue weighted by Crippen LogP contribution is -2.36. The minimum Gasteiger partial charge on any atom is -0.477 e. The summed E-state index contributed by atoms with van der Waals surface area (Å²) in [5, 5.41) is 0. The molecule has 1 fully saturated rings. The minimum atomic E-state index is -5.01. The van der Waals surface area contributed by atoms with E-state index >= 15 is 0 Å². The van der Waals surface area contributed by atoms with Crippen LogP contribution in [0.4, 0.5) is 32.2 Å². The van der Waals surface area contributed by atoms with Crippen LogP contribution in [0.2, 0.25) is 0 Å². The molecule has 0 N–H and O–H groups in total. The van der Waals surface area contributed by atoms with Crippen molar-refractivity contribution < 1.29 is 40.7 Å². The van der Waals surface area contributed by atoms with Gasteiger partial charge < -0.3 is 19.4 Å². The van der Waals surface area contributed by atoms with E-state index in [1.165, 1.54) is 11.8 Å². The van der Waals surface area contributed by atoms with Crippen LogP contribution >= 0.6 is 0 Å². The molecule has 2 aliphatic heterocycles. The molecule has 3 aromatic rings. The van der Waals surface area contributed by atoms with Crippen molar-refractivity contribution in [3.05, 3.63) is 76.3 Å². The fourth-order valence-corrected chi connectivity index (χ4v) is 5.70. The zero-order chi connectivity index (χ0) is 32.5. The molecule has 0 radical (unpaired) electrons. The van der Waals surface area contributed by atoms with Gasteiger partial charge in [0.2, 0.25) is 11.8 Å². The van der Waals surface area contributed by atoms with Crippen molar-refractivity contribution in [2.24, 2.45) is 0 Å². The number of rotatable bonds is 4. The second-order valence-corrected chi connectivity index (χ2v) is 11.2. The monoisotopic (exact) mass is 634 g/mol. The number of ether oxygens (including phenoxy) is 1. The average molecular weight is 635 g/mol. The Morgan fingerprint density at radius 1 is 0.867 bits per heavy atom. The Hall–Kier alpha value is -4.29. The maximum absolute atomic E-state index is 14.2. The predicted octanol–water partition coefficient (Wildman–Crippen LogP) is 6.58. The Morgan fingerprint density at radius 2 is 1.56 bits per heavy atom. The summed E-state index contributed by atoms with van der Waals surface area (Å²) in [5.74, 6) is -0.0782. The summed E-state index contributed by atoms with van der Waals surface area (Å²) in [4.78, 5) is 35.9. The molecule has 0 spiro atoms. The van der Waals surface area contributed by atoms with Crippen molar-refractivity contribution in [2.45, 2.75) is 45.6 Å².